The smallest absolute Gasteiger partial charge is 0.396 e. The van der Waals surface area contributed by atoms with Crippen LogP contribution < -0.4 is 27.9 Å². The van der Waals surface area contributed by atoms with Crippen LogP contribution in [0.15, 0.2) is 0 Å². The lowest BCUT2D eigenvalue weighted by Crippen LogP contribution is -3.98. The molecule has 0 amide bonds. The maximum atomic E-state index is 8.88. The summed E-state index contributed by atoms with van der Waals surface area (Å²) < 4.78 is 33.4. The van der Waals surface area contributed by atoms with Crippen LogP contribution in [0.4, 0.5) is 0 Å². The zero-order valence-electron chi connectivity index (χ0n) is 3.84. The van der Waals surface area contributed by atoms with Gasteiger partial charge in [0.1, 0.15) is 0 Å². The highest BCUT2D eigenvalue weighted by molar-refractivity contribution is 7.45. The maximum Gasteiger partial charge on any atom is 0.503 e. The lowest BCUT2D eigenvalue weighted by molar-refractivity contribution is -1.63. The summed E-state index contributed by atoms with van der Waals surface area (Å²) >= 11 is -3.76. The molecule has 0 saturated heterocycles. The van der Waals surface area contributed by atoms with Gasteiger partial charge in [0, 0.05) is 0 Å². The first-order chi connectivity index (χ1) is 3.73. The topological polar surface area (TPSA) is 144 Å². The molecule has 0 bridgehead atoms. The molecule has 0 heterocycles. The Balaban J connectivity index is 0. The Morgan fingerprint density at radius 1 is 1.22 bits per heavy atom. The first kappa shape index (κ1) is 12.4. The quantitative estimate of drug-likeness (QED) is 0.254. The lowest BCUT2D eigenvalue weighted by atomic mass is 15.8. The first-order valence-electron chi connectivity index (χ1n) is 1.26. The van der Waals surface area contributed by atoms with Crippen LogP contribution in [0.3, 0.4) is 0 Å². The molecule has 0 spiro atoms. The third kappa shape index (κ3) is 760. The summed E-state index contributed by atoms with van der Waals surface area (Å²) in [6, 6.07) is 0. The van der Waals surface area contributed by atoms with Crippen molar-refractivity contribution in [3.8, 4) is 0 Å². The molecule has 0 aromatic rings. The second-order valence-electron chi connectivity index (χ2n) is 0.714. The van der Waals surface area contributed by atoms with E-state index in [0.717, 1.165) is 0 Å². The van der Waals surface area contributed by atoms with Crippen molar-refractivity contribution in [2.24, 2.45) is 0 Å². The van der Waals surface area contributed by atoms with Crippen LogP contribution >= 0.6 is 7.82 Å². The van der Waals surface area contributed by atoms with Gasteiger partial charge in [-0.05, 0) is 3.44 Å². The molecule has 0 aromatic carbocycles. The largest absolute Gasteiger partial charge is 0.503 e. The third-order valence-electron chi connectivity index (χ3n) is 0. The fourth-order valence-corrected chi connectivity index (χ4v) is 0. The predicted octanol–water partition coefficient (Wildman–Crippen LogP) is -6.86. The fraction of sp³-hybridized carbons (Fsp3) is 0. The van der Waals surface area contributed by atoms with Gasteiger partial charge < -0.3 is 21.6 Å². The molecular weight excluding hydrogens is 270 g/mol. The molecule has 0 fully saturated rings. The Kier molecular flexibility index (Phi) is 7.58. The molecule has 58 valence electrons. The molecule has 0 atom stereocenters. The predicted molar refractivity (Wildman–Crippen MR) is 16.5 cm³/mol. The van der Waals surface area contributed by atoms with Crippen LogP contribution in [0, 0.1) is 0 Å². The van der Waals surface area contributed by atoms with Crippen molar-refractivity contribution >= 4 is 7.82 Å². The van der Waals surface area contributed by atoms with Crippen LogP contribution in [0.1, 0.15) is 0 Å². The highest BCUT2D eigenvalue weighted by Gasteiger charge is 2.00. The number of hydrogen-bond donors (Lipinski definition) is 4. The van der Waals surface area contributed by atoms with Crippen LogP contribution in [0.2, 0.25) is 0 Å². The van der Waals surface area contributed by atoms with Gasteiger partial charge >= 0.3 is 28.9 Å². The van der Waals surface area contributed by atoms with E-state index < -0.39 is 28.9 Å². The SMILES string of the molecule is O=P(O)(O)O.[O-][I+2]([O-])O. The average Bonchev–Trinajstić information content (AvgIpc) is 1.19. The van der Waals surface area contributed by atoms with Gasteiger partial charge in [-0.2, -0.15) is 0 Å². The second-order valence-corrected chi connectivity index (χ2v) is 2.89. The van der Waals surface area contributed by atoms with E-state index in [1.165, 1.54) is 0 Å². The van der Waals surface area contributed by atoms with Gasteiger partial charge in [0.25, 0.3) is 0 Å². The van der Waals surface area contributed by atoms with E-state index in [2.05, 4.69) is 0 Å². The molecule has 4 N–H and O–H groups in total. The molecule has 0 aromatic heterocycles. The Morgan fingerprint density at radius 2 is 1.22 bits per heavy atom. The van der Waals surface area contributed by atoms with Crippen molar-refractivity contribution in [2.45, 2.75) is 0 Å². The summed E-state index contributed by atoms with van der Waals surface area (Å²) in [7, 11) is -4.64. The number of hydrogen-bond acceptors (Lipinski definition) is 4. The summed E-state index contributed by atoms with van der Waals surface area (Å²) in [5.74, 6) is 0. The van der Waals surface area contributed by atoms with E-state index >= 15 is 0 Å². The monoisotopic (exact) mass is 274 g/mol. The molecule has 0 saturated carbocycles. The summed E-state index contributed by atoms with van der Waals surface area (Å²) in [4.78, 5) is 21.6. The standard InChI is InChI=1S/HIO3.H3O4P/c2-1(3)4;1-5(2,3)4/h2H;(H3,1,2,3,4). The molecule has 0 aliphatic rings. The Labute approximate surface area is 58.9 Å². The summed E-state index contributed by atoms with van der Waals surface area (Å²) in [6.07, 6.45) is 0. The van der Waals surface area contributed by atoms with Gasteiger partial charge in [0.2, 0.25) is 0 Å². The molecule has 0 radical (unpaired) electrons. The van der Waals surface area contributed by atoms with Crippen molar-refractivity contribution in [3.63, 3.8) is 0 Å². The lowest BCUT2D eigenvalue weighted by Gasteiger charge is -1.82. The molecular formula is H4IO7P. The van der Waals surface area contributed by atoms with Crippen LogP contribution in [-0.4, -0.2) is 18.1 Å². The highest BCUT2D eigenvalue weighted by atomic mass is 127. The molecule has 0 rings (SSSR count). The van der Waals surface area contributed by atoms with Crippen LogP contribution in [0.5, 0.6) is 0 Å². The van der Waals surface area contributed by atoms with E-state index in [-0.39, 0.29) is 0 Å². The Hall–Kier alpha value is 0.720. The van der Waals surface area contributed by atoms with Crippen LogP contribution in [0.25, 0.3) is 0 Å². The Morgan fingerprint density at radius 3 is 1.22 bits per heavy atom. The Bertz CT molecular complexity index is 80.1. The normalized spacial score (nSPS) is 10.6. The van der Waals surface area contributed by atoms with Gasteiger partial charge in [-0.3, -0.25) is 0 Å². The zero-order chi connectivity index (χ0) is 8.08. The number of phosphoric acid groups is 1. The van der Waals surface area contributed by atoms with Gasteiger partial charge in [-0.25, -0.2) is 4.57 Å². The molecule has 9 heteroatoms. The van der Waals surface area contributed by atoms with E-state index in [1.54, 1.807) is 0 Å². The minimum atomic E-state index is -4.64. The van der Waals surface area contributed by atoms with Crippen LogP contribution in [-0.2, 0) is 4.57 Å². The van der Waals surface area contributed by atoms with Gasteiger partial charge in [-0.1, -0.05) is 0 Å². The van der Waals surface area contributed by atoms with E-state index in [0.29, 0.717) is 0 Å². The summed E-state index contributed by atoms with van der Waals surface area (Å²) in [5.41, 5.74) is 0. The van der Waals surface area contributed by atoms with E-state index in [9.17, 15) is 0 Å². The number of halogens is 1. The van der Waals surface area contributed by atoms with Gasteiger partial charge in [0.05, 0.1) is 0 Å². The van der Waals surface area contributed by atoms with Gasteiger partial charge in [0.15, 0.2) is 0 Å². The zero-order valence-corrected chi connectivity index (χ0v) is 6.89. The van der Waals surface area contributed by atoms with Crippen molar-refractivity contribution in [2.75, 3.05) is 0 Å². The third-order valence-corrected chi connectivity index (χ3v) is 0. The van der Waals surface area contributed by atoms with Gasteiger partial charge in [-0.15, -0.1) is 0 Å². The van der Waals surface area contributed by atoms with Crippen molar-refractivity contribution < 1.29 is 50.6 Å². The second kappa shape index (κ2) is 5.50. The molecule has 0 unspecified atom stereocenters. The van der Waals surface area contributed by atoms with Crippen molar-refractivity contribution in [1.29, 1.82) is 0 Å². The molecule has 9 heavy (non-hydrogen) atoms. The fourth-order valence-electron chi connectivity index (χ4n) is 0. The average molecular weight is 274 g/mol. The minimum Gasteiger partial charge on any atom is -0.396 e. The van der Waals surface area contributed by atoms with E-state index in [1.807, 2.05) is 0 Å². The number of rotatable bonds is 0. The van der Waals surface area contributed by atoms with Crippen molar-refractivity contribution in [1.82, 2.24) is 0 Å². The molecule has 0 aliphatic heterocycles. The highest BCUT2D eigenvalue weighted by Crippen LogP contribution is 2.25. The van der Waals surface area contributed by atoms with E-state index in [4.69, 9.17) is 29.6 Å². The summed E-state index contributed by atoms with van der Waals surface area (Å²) in [5, 5.41) is 0. The molecule has 7 nitrogen and oxygen atoms in total. The summed E-state index contributed by atoms with van der Waals surface area (Å²) in [6.45, 7) is 0. The molecule has 0 aliphatic carbocycles. The van der Waals surface area contributed by atoms with Crippen molar-refractivity contribution in [3.05, 3.63) is 0 Å². The first-order valence-corrected chi connectivity index (χ1v) is 5.55. The maximum absolute atomic E-state index is 8.88. The minimum absolute atomic E-state index is 3.76.